The Balaban J connectivity index is 1.89. The van der Waals surface area contributed by atoms with Gasteiger partial charge in [0, 0.05) is 22.3 Å². The second kappa shape index (κ2) is 6.16. The van der Waals surface area contributed by atoms with Crippen LogP contribution >= 0.6 is 11.8 Å². The van der Waals surface area contributed by atoms with Crippen LogP contribution in [0.1, 0.15) is 30.4 Å². The van der Waals surface area contributed by atoms with Crippen LogP contribution in [0.3, 0.4) is 0 Å². The summed E-state index contributed by atoms with van der Waals surface area (Å²) in [4.78, 5) is 15.9. The molecule has 1 aromatic heterocycles. The summed E-state index contributed by atoms with van der Waals surface area (Å²) >= 11 is 1.84. The molecule has 3 rings (SSSR count). The number of hydrogen-bond acceptors (Lipinski definition) is 4. The number of carbonyl (C=O) groups excluding carboxylic acids is 1. The molecule has 1 aliphatic rings. The lowest BCUT2D eigenvalue weighted by atomic mass is 10.1. The molecule has 0 saturated heterocycles. The summed E-state index contributed by atoms with van der Waals surface area (Å²) in [6, 6.07) is 8.15. The van der Waals surface area contributed by atoms with E-state index < -0.39 is 0 Å². The standard InChI is InChI=1S/C17H20N2O2S/c1-11-8-9-19(15-6-4-5-7-16(15)22-11)17(20)10-14-12(2)18-21-13(14)3/h4-7,11H,8-10H2,1-3H3/t11-/m1/s1. The number of para-hydroxylation sites is 1. The van der Waals surface area contributed by atoms with Crippen molar-refractivity contribution in [2.24, 2.45) is 0 Å². The Kier molecular flexibility index (Phi) is 4.25. The molecule has 0 bridgehead atoms. The van der Waals surface area contributed by atoms with E-state index in [-0.39, 0.29) is 5.91 Å². The van der Waals surface area contributed by atoms with E-state index in [1.165, 1.54) is 4.90 Å². The number of thioether (sulfide) groups is 1. The molecule has 0 spiro atoms. The van der Waals surface area contributed by atoms with Crippen molar-refractivity contribution in [2.45, 2.75) is 43.8 Å². The first-order valence-electron chi connectivity index (χ1n) is 7.54. The fourth-order valence-corrected chi connectivity index (χ4v) is 3.86. The summed E-state index contributed by atoms with van der Waals surface area (Å²) in [5.41, 5.74) is 2.73. The van der Waals surface area contributed by atoms with Crippen molar-refractivity contribution in [3.63, 3.8) is 0 Å². The van der Waals surface area contributed by atoms with Gasteiger partial charge in [0.25, 0.3) is 0 Å². The van der Waals surface area contributed by atoms with Gasteiger partial charge < -0.3 is 9.42 Å². The van der Waals surface area contributed by atoms with Crippen LogP contribution in [0.15, 0.2) is 33.7 Å². The molecular weight excluding hydrogens is 296 g/mol. The number of hydrogen-bond donors (Lipinski definition) is 0. The highest BCUT2D eigenvalue weighted by atomic mass is 32.2. The first-order valence-corrected chi connectivity index (χ1v) is 8.42. The van der Waals surface area contributed by atoms with Gasteiger partial charge in [-0.1, -0.05) is 24.2 Å². The van der Waals surface area contributed by atoms with Crippen molar-refractivity contribution >= 4 is 23.4 Å². The number of benzene rings is 1. The van der Waals surface area contributed by atoms with Crippen molar-refractivity contribution in [2.75, 3.05) is 11.4 Å². The number of amides is 1. The Morgan fingerprint density at radius 2 is 2.18 bits per heavy atom. The van der Waals surface area contributed by atoms with E-state index in [1.54, 1.807) is 0 Å². The van der Waals surface area contributed by atoms with E-state index in [0.717, 1.165) is 35.7 Å². The largest absolute Gasteiger partial charge is 0.361 e. The molecule has 2 aromatic rings. The topological polar surface area (TPSA) is 46.3 Å². The molecule has 1 amide bonds. The molecule has 22 heavy (non-hydrogen) atoms. The minimum Gasteiger partial charge on any atom is -0.361 e. The van der Waals surface area contributed by atoms with E-state index in [4.69, 9.17) is 4.52 Å². The Morgan fingerprint density at radius 3 is 2.91 bits per heavy atom. The lowest BCUT2D eigenvalue weighted by Crippen LogP contribution is -2.33. The predicted molar refractivity (Wildman–Crippen MR) is 88.4 cm³/mol. The summed E-state index contributed by atoms with van der Waals surface area (Å²) < 4.78 is 5.17. The van der Waals surface area contributed by atoms with Crippen LogP contribution in [0.4, 0.5) is 5.69 Å². The van der Waals surface area contributed by atoms with Crippen LogP contribution < -0.4 is 4.90 Å². The minimum absolute atomic E-state index is 0.108. The summed E-state index contributed by atoms with van der Waals surface area (Å²) in [6.45, 7) is 6.71. The van der Waals surface area contributed by atoms with Gasteiger partial charge in [-0.25, -0.2) is 0 Å². The van der Waals surface area contributed by atoms with E-state index >= 15 is 0 Å². The van der Waals surface area contributed by atoms with Gasteiger partial charge >= 0.3 is 0 Å². The maximum atomic E-state index is 12.8. The Morgan fingerprint density at radius 1 is 1.41 bits per heavy atom. The number of carbonyl (C=O) groups is 1. The monoisotopic (exact) mass is 316 g/mol. The highest BCUT2D eigenvalue weighted by molar-refractivity contribution is 8.00. The fourth-order valence-electron chi connectivity index (χ4n) is 2.75. The summed E-state index contributed by atoms with van der Waals surface area (Å²) in [6.07, 6.45) is 1.33. The number of aromatic nitrogens is 1. The molecule has 0 N–H and O–H groups in total. The van der Waals surface area contributed by atoms with Gasteiger partial charge in [0.15, 0.2) is 0 Å². The van der Waals surface area contributed by atoms with Gasteiger partial charge in [0.1, 0.15) is 5.76 Å². The third kappa shape index (κ3) is 2.90. The van der Waals surface area contributed by atoms with E-state index in [1.807, 2.05) is 48.7 Å². The summed E-state index contributed by atoms with van der Waals surface area (Å²) in [7, 11) is 0. The minimum atomic E-state index is 0.108. The van der Waals surface area contributed by atoms with Crippen molar-refractivity contribution in [1.82, 2.24) is 5.16 Å². The van der Waals surface area contributed by atoms with Gasteiger partial charge in [-0.15, -0.1) is 11.8 Å². The Labute approximate surface area is 134 Å². The second-order valence-electron chi connectivity index (χ2n) is 5.71. The first kappa shape index (κ1) is 15.2. The lowest BCUT2D eigenvalue weighted by molar-refractivity contribution is -0.118. The van der Waals surface area contributed by atoms with E-state index in [2.05, 4.69) is 18.1 Å². The molecule has 1 aliphatic heterocycles. The third-order valence-corrected chi connectivity index (χ3v) is 5.29. The molecule has 0 radical (unpaired) electrons. The van der Waals surface area contributed by atoms with Crippen molar-refractivity contribution in [1.29, 1.82) is 0 Å². The highest BCUT2D eigenvalue weighted by Gasteiger charge is 2.25. The zero-order valence-electron chi connectivity index (χ0n) is 13.1. The van der Waals surface area contributed by atoms with Gasteiger partial charge in [-0.3, -0.25) is 4.79 Å². The number of anilines is 1. The fraction of sp³-hybridized carbons (Fsp3) is 0.412. The number of nitrogens with zero attached hydrogens (tertiary/aromatic N) is 2. The van der Waals surface area contributed by atoms with Crippen LogP contribution in [-0.2, 0) is 11.2 Å². The van der Waals surface area contributed by atoms with Crippen molar-refractivity contribution < 1.29 is 9.32 Å². The smallest absolute Gasteiger partial charge is 0.231 e. The number of rotatable bonds is 2. The summed E-state index contributed by atoms with van der Waals surface area (Å²) in [5.74, 6) is 0.841. The SMILES string of the molecule is Cc1noc(C)c1CC(=O)N1CC[C@@H](C)Sc2ccccc21. The van der Waals surface area contributed by atoms with E-state index in [9.17, 15) is 4.79 Å². The van der Waals surface area contributed by atoms with Crippen molar-refractivity contribution in [3.8, 4) is 0 Å². The Bertz CT molecular complexity index is 676. The molecule has 2 heterocycles. The molecule has 1 aromatic carbocycles. The molecule has 0 aliphatic carbocycles. The van der Waals surface area contributed by atoms with Crippen LogP contribution in [0.2, 0.25) is 0 Å². The maximum absolute atomic E-state index is 12.8. The highest BCUT2D eigenvalue weighted by Crippen LogP contribution is 2.37. The molecule has 1 atom stereocenters. The van der Waals surface area contributed by atoms with Crippen LogP contribution in [-0.4, -0.2) is 22.9 Å². The molecule has 0 fully saturated rings. The van der Waals surface area contributed by atoms with Crippen LogP contribution in [0.25, 0.3) is 0 Å². The third-order valence-electron chi connectivity index (χ3n) is 4.05. The van der Waals surface area contributed by atoms with Crippen LogP contribution in [0, 0.1) is 13.8 Å². The molecule has 0 saturated carbocycles. The number of aryl methyl sites for hydroxylation is 2. The quantitative estimate of drug-likeness (QED) is 0.846. The van der Waals surface area contributed by atoms with E-state index in [0.29, 0.717) is 11.7 Å². The molecule has 5 heteroatoms. The molecule has 4 nitrogen and oxygen atoms in total. The number of fused-ring (bicyclic) bond motifs is 1. The normalized spacial score (nSPS) is 18.0. The average molecular weight is 316 g/mol. The van der Waals surface area contributed by atoms with Crippen molar-refractivity contribution in [3.05, 3.63) is 41.3 Å². The Hall–Kier alpha value is -1.75. The van der Waals surface area contributed by atoms with Gasteiger partial charge in [0.05, 0.1) is 17.8 Å². The van der Waals surface area contributed by atoms with Gasteiger partial charge in [-0.05, 0) is 32.4 Å². The second-order valence-corrected chi connectivity index (χ2v) is 7.19. The molecule has 116 valence electrons. The summed E-state index contributed by atoms with van der Waals surface area (Å²) in [5, 5.41) is 4.45. The average Bonchev–Trinajstić information content (AvgIpc) is 2.72. The lowest BCUT2D eigenvalue weighted by Gasteiger charge is -2.22. The van der Waals surface area contributed by atoms with Gasteiger partial charge in [-0.2, -0.15) is 0 Å². The zero-order valence-corrected chi connectivity index (χ0v) is 13.9. The van der Waals surface area contributed by atoms with Gasteiger partial charge in [0.2, 0.25) is 5.91 Å². The molecule has 0 unspecified atom stereocenters. The maximum Gasteiger partial charge on any atom is 0.231 e. The molecular formula is C17H20N2O2S. The first-order chi connectivity index (χ1) is 10.6. The predicted octanol–water partition coefficient (Wildman–Crippen LogP) is 3.75. The zero-order chi connectivity index (χ0) is 15.7. The van der Waals surface area contributed by atoms with Crippen LogP contribution in [0.5, 0.6) is 0 Å².